The first-order chi connectivity index (χ1) is 20.2. The number of methoxy groups -OCH3 is 2. The van der Waals surface area contributed by atoms with Crippen molar-refractivity contribution < 1.29 is 23.4 Å². The molecule has 0 N–H and O–H groups in total. The normalized spacial score (nSPS) is 10.9. The Kier molecular flexibility index (Phi) is 7.49. The molecule has 2 heterocycles. The lowest BCUT2D eigenvalue weighted by Crippen LogP contribution is -1.99. The van der Waals surface area contributed by atoms with E-state index in [4.69, 9.17) is 28.3 Å². The molecule has 0 saturated carbocycles. The standard InChI is InChI=1S/C34H28N2O5/c1-37-26-13-11-24(12-14-26)20-39-27-10-6-9-25(15-27)30-17-33(40-21-23-7-4-3-5-8-23)28-16-29(34-19-35-22-41-34)32(38-2)18-31(28)36-30/h3-19,22H,20-21H2,1-2H3. The molecular formula is C34H28N2O5. The lowest BCUT2D eigenvalue weighted by Gasteiger charge is -2.15. The smallest absolute Gasteiger partial charge is 0.181 e. The summed E-state index contributed by atoms with van der Waals surface area (Å²) in [7, 11) is 3.28. The van der Waals surface area contributed by atoms with Crippen LogP contribution in [0.5, 0.6) is 23.0 Å². The molecule has 2 aromatic heterocycles. The lowest BCUT2D eigenvalue weighted by atomic mass is 10.0. The van der Waals surface area contributed by atoms with E-state index in [0.717, 1.165) is 50.3 Å². The predicted octanol–water partition coefficient (Wildman–Crippen LogP) is 7.73. The van der Waals surface area contributed by atoms with Gasteiger partial charge in [-0.15, -0.1) is 0 Å². The van der Waals surface area contributed by atoms with Gasteiger partial charge in [0.05, 0.1) is 37.2 Å². The first-order valence-corrected chi connectivity index (χ1v) is 13.1. The van der Waals surface area contributed by atoms with Gasteiger partial charge in [0.25, 0.3) is 0 Å². The molecule has 0 spiro atoms. The van der Waals surface area contributed by atoms with E-state index in [1.165, 1.54) is 6.39 Å². The number of oxazole rings is 1. The van der Waals surface area contributed by atoms with Crippen LogP contribution in [0.3, 0.4) is 0 Å². The third-order valence-electron chi connectivity index (χ3n) is 6.72. The maximum atomic E-state index is 6.40. The van der Waals surface area contributed by atoms with E-state index in [1.807, 2.05) is 97.1 Å². The molecule has 6 aromatic rings. The van der Waals surface area contributed by atoms with E-state index in [0.29, 0.717) is 30.5 Å². The zero-order valence-corrected chi connectivity index (χ0v) is 22.7. The van der Waals surface area contributed by atoms with Crippen LogP contribution < -0.4 is 18.9 Å². The number of fused-ring (bicyclic) bond motifs is 1. The molecule has 7 heteroatoms. The van der Waals surface area contributed by atoms with Crippen molar-refractivity contribution in [3.8, 4) is 45.6 Å². The molecule has 4 aromatic carbocycles. The van der Waals surface area contributed by atoms with Gasteiger partial charge in [0, 0.05) is 23.1 Å². The Morgan fingerprint density at radius 3 is 2.24 bits per heavy atom. The molecule has 0 atom stereocenters. The Balaban J connectivity index is 1.36. The fourth-order valence-corrected chi connectivity index (χ4v) is 4.57. The van der Waals surface area contributed by atoms with Gasteiger partial charge in [0.2, 0.25) is 0 Å². The summed E-state index contributed by atoms with van der Waals surface area (Å²) in [5.41, 5.74) is 5.27. The number of ether oxygens (including phenoxy) is 4. The summed E-state index contributed by atoms with van der Waals surface area (Å²) in [4.78, 5) is 9.07. The van der Waals surface area contributed by atoms with Crippen molar-refractivity contribution >= 4 is 10.9 Å². The molecule has 0 unspecified atom stereocenters. The fourth-order valence-electron chi connectivity index (χ4n) is 4.57. The second kappa shape index (κ2) is 11.8. The van der Waals surface area contributed by atoms with Crippen molar-refractivity contribution in [1.29, 1.82) is 0 Å². The van der Waals surface area contributed by atoms with Crippen molar-refractivity contribution in [1.82, 2.24) is 9.97 Å². The fraction of sp³-hybridized carbons (Fsp3) is 0.118. The predicted molar refractivity (Wildman–Crippen MR) is 157 cm³/mol. The second-order valence-corrected chi connectivity index (χ2v) is 9.38. The van der Waals surface area contributed by atoms with Gasteiger partial charge in [-0.25, -0.2) is 9.97 Å². The zero-order valence-electron chi connectivity index (χ0n) is 22.7. The van der Waals surface area contributed by atoms with Gasteiger partial charge in [0.1, 0.15) is 36.2 Å². The summed E-state index contributed by atoms with van der Waals surface area (Å²) in [5, 5.41) is 0.837. The minimum absolute atomic E-state index is 0.411. The first-order valence-electron chi connectivity index (χ1n) is 13.1. The van der Waals surface area contributed by atoms with Crippen LogP contribution in [0.15, 0.2) is 114 Å². The van der Waals surface area contributed by atoms with Crippen LogP contribution >= 0.6 is 0 Å². The molecule has 0 aliphatic carbocycles. The maximum absolute atomic E-state index is 6.40. The number of nitrogens with zero attached hydrogens (tertiary/aromatic N) is 2. The number of rotatable bonds is 10. The highest BCUT2D eigenvalue weighted by molar-refractivity contribution is 5.93. The molecule has 7 nitrogen and oxygen atoms in total. The average Bonchev–Trinajstić information content (AvgIpc) is 3.58. The number of aromatic nitrogens is 2. The van der Waals surface area contributed by atoms with E-state index in [1.54, 1.807) is 20.4 Å². The number of hydrogen-bond acceptors (Lipinski definition) is 7. The molecular weight excluding hydrogens is 516 g/mol. The molecule has 0 saturated heterocycles. The minimum atomic E-state index is 0.411. The summed E-state index contributed by atoms with van der Waals surface area (Å²) < 4.78 is 29.0. The highest BCUT2D eigenvalue weighted by atomic mass is 16.5. The van der Waals surface area contributed by atoms with Crippen LogP contribution in [0.2, 0.25) is 0 Å². The van der Waals surface area contributed by atoms with Crippen molar-refractivity contribution in [3.63, 3.8) is 0 Å². The lowest BCUT2D eigenvalue weighted by molar-refractivity contribution is 0.306. The Morgan fingerprint density at radius 2 is 1.49 bits per heavy atom. The average molecular weight is 545 g/mol. The summed E-state index contributed by atoms with van der Waals surface area (Å²) in [6.07, 6.45) is 3.06. The van der Waals surface area contributed by atoms with Crippen LogP contribution in [0.4, 0.5) is 0 Å². The molecule has 0 bridgehead atoms. The van der Waals surface area contributed by atoms with Gasteiger partial charge in [-0.1, -0.05) is 54.6 Å². The van der Waals surface area contributed by atoms with Crippen LogP contribution in [0.1, 0.15) is 11.1 Å². The third-order valence-corrected chi connectivity index (χ3v) is 6.72. The van der Waals surface area contributed by atoms with E-state index >= 15 is 0 Å². The van der Waals surface area contributed by atoms with Gasteiger partial charge < -0.3 is 23.4 Å². The van der Waals surface area contributed by atoms with Gasteiger partial charge in [-0.05, 0) is 41.5 Å². The molecule has 41 heavy (non-hydrogen) atoms. The quantitative estimate of drug-likeness (QED) is 0.175. The molecule has 0 aliphatic heterocycles. The van der Waals surface area contributed by atoms with Crippen molar-refractivity contribution in [2.45, 2.75) is 13.2 Å². The van der Waals surface area contributed by atoms with Gasteiger partial charge in [0.15, 0.2) is 12.2 Å². The summed E-state index contributed by atoms with van der Waals surface area (Å²) in [6, 6.07) is 31.6. The van der Waals surface area contributed by atoms with Gasteiger partial charge in [-0.3, -0.25) is 0 Å². The highest BCUT2D eigenvalue weighted by Crippen LogP contribution is 2.39. The van der Waals surface area contributed by atoms with E-state index in [2.05, 4.69) is 4.98 Å². The minimum Gasteiger partial charge on any atom is -0.497 e. The van der Waals surface area contributed by atoms with Crippen LogP contribution in [-0.4, -0.2) is 24.2 Å². The molecule has 0 fully saturated rings. The van der Waals surface area contributed by atoms with E-state index < -0.39 is 0 Å². The molecule has 0 aliphatic rings. The SMILES string of the molecule is COc1ccc(COc2cccc(-c3cc(OCc4ccccc4)c4cc(-c5cnco5)c(OC)cc4n3)c2)cc1. The molecule has 6 rings (SSSR count). The number of hydrogen-bond donors (Lipinski definition) is 0. The second-order valence-electron chi connectivity index (χ2n) is 9.38. The Morgan fingerprint density at radius 1 is 0.683 bits per heavy atom. The van der Waals surface area contributed by atoms with Crippen molar-refractivity contribution in [2.24, 2.45) is 0 Å². The molecule has 204 valence electrons. The summed E-state index contributed by atoms with van der Waals surface area (Å²) >= 11 is 0. The third kappa shape index (κ3) is 5.84. The van der Waals surface area contributed by atoms with Crippen LogP contribution in [0.25, 0.3) is 33.5 Å². The van der Waals surface area contributed by atoms with Crippen molar-refractivity contribution in [3.05, 3.63) is 121 Å². The molecule has 0 radical (unpaired) electrons. The Hall–Kier alpha value is -5.30. The van der Waals surface area contributed by atoms with Gasteiger partial charge >= 0.3 is 0 Å². The Bertz CT molecular complexity index is 1750. The van der Waals surface area contributed by atoms with Crippen LogP contribution in [-0.2, 0) is 13.2 Å². The molecule has 0 amide bonds. The first kappa shape index (κ1) is 26.0. The highest BCUT2D eigenvalue weighted by Gasteiger charge is 2.17. The summed E-state index contributed by atoms with van der Waals surface area (Å²) in [6.45, 7) is 0.847. The van der Waals surface area contributed by atoms with Crippen LogP contribution in [0, 0.1) is 0 Å². The number of pyridine rings is 1. The number of benzene rings is 4. The van der Waals surface area contributed by atoms with Gasteiger partial charge in [-0.2, -0.15) is 0 Å². The van der Waals surface area contributed by atoms with E-state index in [-0.39, 0.29) is 0 Å². The van der Waals surface area contributed by atoms with E-state index in [9.17, 15) is 0 Å². The zero-order chi connectivity index (χ0) is 28.0. The topological polar surface area (TPSA) is 75.8 Å². The Labute approximate surface area is 237 Å². The summed E-state index contributed by atoms with van der Waals surface area (Å²) in [5.74, 6) is 3.48. The van der Waals surface area contributed by atoms with Crippen molar-refractivity contribution in [2.75, 3.05) is 14.2 Å². The largest absolute Gasteiger partial charge is 0.497 e. The monoisotopic (exact) mass is 544 g/mol. The maximum Gasteiger partial charge on any atom is 0.181 e.